The van der Waals surface area contributed by atoms with Crippen LogP contribution in [0.25, 0.3) is 0 Å². The maximum Gasteiger partial charge on any atom is 0.224 e. The van der Waals surface area contributed by atoms with Crippen LogP contribution in [0.1, 0.15) is 20.3 Å². The molecular formula is C9H19N3O. The van der Waals surface area contributed by atoms with Crippen LogP contribution in [0.5, 0.6) is 0 Å². The minimum atomic E-state index is -0.0328. The van der Waals surface area contributed by atoms with E-state index in [-0.39, 0.29) is 11.9 Å². The molecule has 0 radical (unpaired) electrons. The van der Waals surface area contributed by atoms with Crippen molar-refractivity contribution in [3.05, 3.63) is 0 Å². The van der Waals surface area contributed by atoms with Crippen LogP contribution in [-0.4, -0.2) is 42.5 Å². The topological polar surface area (TPSA) is 58.4 Å². The summed E-state index contributed by atoms with van der Waals surface area (Å²) in [5.74, 6) is 0.184. The highest BCUT2D eigenvalue weighted by Crippen LogP contribution is 2.05. The third-order valence-electron chi connectivity index (χ3n) is 2.32. The Morgan fingerprint density at radius 1 is 1.77 bits per heavy atom. The summed E-state index contributed by atoms with van der Waals surface area (Å²) in [6.45, 7) is 6.53. The standard InChI is InChI=1S/C9H19N3O/c1-7(10)5-9(13)12-4-3-11-6-8(12)2/h7-8,11H,3-6,10H2,1-2H3. The molecule has 0 saturated carbocycles. The van der Waals surface area contributed by atoms with Gasteiger partial charge in [0.05, 0.1) is 0 Å². The van der Waals surface area contributed by atoms with Gasteiger partial charge >= 0.3 is 0 Å². The first-order valence-electron chi connectivity index (χ1n) is 4.87. The molecule has 1 fully saturated rings. The second-order valence-corrected chi connectivity index (χ2v) is 3.82. The Hall–Kier alpha value is -0.610. The lowest BCUT2D eigenvalue weighted by Crippen LogP contribution is -2.52. The highest BCUT2D eigenvalue weighted by atomic mass is 16.2. The molecule has 2 atom stereocenters. The third-order valence-corrected chi connectivity index (χ3v) is 2.32. The normalized spacial score (nSPS) is 25.8. The van der Waals surface area contributed by atoms with Crippen LogP contribution in [0.3, 0.4) is 0 Å². The molecule has 76 valence electrons. The van der Waals surface area contributed by atoms with Crippen LogP contribution in [0.4, 0.5) is 0 Å². The van der Waals surface area contributed by atoms with Crippen LogP contribution in [0, 0.1) is 0 Å². The van der Waals surface area contributed by atoms with E-state index in [1.54, 1.807) is 0 Å². The largest absolute Gasteiger partial charge is 0.337 e. The maximum atomic E-state index is 11.6. The van der Waals surface area contributed by atoms with Crippen LogP contribution in [-0.2, 0) is 4.79 Å². The predicted molar refractivity (Wildman–Crippen MR) is 52.3 cm³/mol. The molecule has 4 nitrogen and oxygen atoms in total. The number of amides is 1. The molecule has 1 amide bonds. The van der Waals surface area contributed by atoms with E-state index in [4.69, 9.17) is 5.73 Å². The zero-order valence-corrected chi connectivity index (χ0v) is 8.42. The zero-order chi connectivity index (χ0) is 9.84. The van der Waals surface area contributed by atoms with Crippen LogP contribution in [0.15, 0.2) is 0 Å². The molecule has 0 aromatic rings. The number of hydrogen-bond acceptors (Lipinski definition) is 3. The van der Waals surface area contributed by atoms with Crippen molar-refractivity contribution in [3.63, 3.8) is 0 Å². The Labute approximate surface area is 79.5 Å². The first kappa shape index (κ1) is 10.5. The molecule has 0 bridgehead atoms. The molecule has 3 N–H and O–H groups in total. The second kappa shape index (κ2) is 4.58. The number of piperazine rings is 1. The number of carbonyl (C=O) groups excluding carboxylic acids is 1. The molecule has 0 aromatic carbocycles. The van der Waals surface area contributed by atoms with E-state index in [0.29, 0.717) is 12.5 Å². The van der Waals surface area contributed by atoms with Crippen LogP contribution in [0.2, 0.25) is 0 Å². The molecular weight excluding hydrogens is 166 g/mol. The predicted octanol–water partition coefficient (Wildman–Crippen LogP) is -0.456. The molecule has 0 aliphatic carbocycles. The van der Waals surface area contributed by atoms with Gasteiger partial charge in [0.15, 0.2) is 0 Å². The van der Waals surface area contributed by atoms with Gasteiger partial charge in [-0.15, -0.1) is 0 Å². The number of rotatable bonds is 2. The molecule has 1 rings (SSSR count). The van der Waals surface area contributed by atoms with Gasteiger partial charge in [-0.05, 0) is 13.8 Å². The van der Waals surface area contributed by atoms with Crippen molar-refractivity contribution in [1.29, 1.82) is 0 Å². The first-order valence-corrected chi connectivity index (χ1v) is 4.87. The van der Waals surface area contributed by atoms with Gasteiger partial charge in [-0.2, -0.15) is 0 Å². The lowest BCUT2D eigenvalue weighted by Gasteiger charge is -2.34. The zero-order valence-electron chi connectivity index (χ0n) is 8.42. The molecule has 2 unspecified atom stereocenters. The van der Waals surface area contributed by atoms with Gasteiger partial charge in [-0.1, -0.05) is 0 Å². The fraction of sp³-hybridized carbons (Fsp3) is 0.889. The second-order valence-electron chi connectivity index (χ2n) is 3.82. The first-order chi connectivity index (χ1) is 6.11. The van der Waals surface area contributed by atoms with E-state index < -0.39 is 0 Å². The van der Waals surface area contributed by atoms with E-state index in [1.807, 2.05) is 11.8 Å². The Kier molecular flexibility index (Phi) is 3.69. The summed E-state index contributed by atoms with van der Waals surface area (Å²) >= 11 is 0. The average Bonchev–Trinajstić information content (AvgIpc) is 2.03. The summed E-state index contributed by atoms with van der Waals surface area (Å²) in [5.41, 5.74) is 5.58. The number of hydrogen-bond donors (Lipinski definition) is 2. The molecule has 1 aliphatic rings. The third kappa shape index (κ3) is 2.97. The van der Waals surface area contributed by atoms with Crippen molar-refractivity contribution in [1.82, 2.24) is 10.2 Å². The van der Waals surface area contributed by atoms with Gasteiger partial charge in [0.1, 0.15) is 0 Å². The van der Waals surface area contributed by atoms with Crippen molar-refractivity contribution in [2.45, 2.75) is 32.4 Å². The van der Waals surface area contributed by atoms with Gasteiger partial charge in [0.25, 0.3) is 0 Å². The number of nitrogens with one attached hydrogen (secondary N) is 1. The van der Waals surface area contributed by atoms with Crippen molar-refractivity contribution in [3.8, 4) is 0 Å². The van der Waals surface area contributed by atoms with Gasteiger partial charge in [-0.3, -0.25) is 4.79 Å². The summed E-state index contributed by atoms with van der Waals surface area (Å²) in [7, 11) is 0. The Morgan fingerprint density at radius 2 is 2.46 bits per heavy atom. The minimum absolute atomic E-state index is 0.0328. The summed E-state index contributed by atoms with van der Waals surface area (Å²) in [6, 6.07) is 0.273. The SMILES string of the molecule is CC(N)CC(=O)N1CCNCC1C. The summed E-state index contributed by atoms with van der Waals surface area (Å²) < 4.78 is 0. The molecule has 1 saturated heterocycles. The van der Waals surface area contributed by atoms with Crippen molar-refractivity contribution < 1.29 is 4.79 Å². The summed E-state index contributed by atoms with van der Waals surface area (Å²) in [5, 5.41) is 3.25. The van der Waals surface area contributed by atoms with Crippen LogP contribution >= 0.6 is 0 Å². The van der Waals surface area contributed by atoms with Gasteiger partial charge in [0.2, 0.25) is 5.91 Å². The monoisotopic (exact) mass is 185 g/mol. The summed E-state index contributed by atoms with van der Waals surface area (Å²) in [6.07, 6.45) is 0.463. The van der Waals surface area contributed by atoms with Gasteiger partial charge in [-0.25, -0.2) is 0 Å². The van der Waals surface area contributed by atoms with Gasteiger partial charge < -0.3 is 16.0 Å². The lowest BCUT2D eigenvalue weighted by molar-refractivity contribution is -0.134. The Balaban J connectivity index is 2.44. The smallest absolute Gasteiger partial charge is 0.224 e. The van der Waals surface area contributed by atoms with Crippen molar-refractivity contribution in [2.24, 2.45) is 5.73 Å². The van der Waals surface area contributed by atoms with E-state index in [9.17, 15) is 4.79 Å². The number of nitrogens with zero attached hydrogens (tertiary/aromatic N) is 1. The molecule has 0 spiro atoms. The molecule has 13 heavy (non-hydrogen) atoms. The maximum absolute atomic E-state index is 11.6. The highest BCUT2D eigenvalue weighted by molar-refractivity contribution is 5.77. The fourth-order valence-corrected chi connectivity index (χ4v) is 1.60. The average molecular weight is 185 g/mol. The quantitative estimate of drug-likeness (QED) is 0.612. The Morgan fingerprint density at radius 3 is 3.00 bits per heavy atom. The Bertz CT molecular complexity index is 182. The fourth-order valence-electron chi connectivity index (χ4n) is 1.60. The van der Waals surface area contributed by atoms with E-state index in [0.717, 1.165) is 19.6 Å². The van der Waals surface area contributed by atoms with E-state index in [2.05, 4.69) is 12.2 Å². The minimum Gasteiger partial charge on any atom is -0.337 e. The summed E-state index contributed by atoms with van der Waals surface area (Å²) in [4.78, 5) is 13.6. The molecule has 0 aromatic heterocycles. The van der Waals surface area contributed by atoms with Crippen molar-refractivity contribution >= 4 is 5.91 Å². The lowest BCUT2D eigenvalue weighted by atomic mass is 10.1. The van der Waals surface area contributed by atoms with Gasteiger partial charge in [0, 0.05) is 38.1 Å². The van der Waals surface area contributed by atoms with E-state index >= 15 is 0 Å². The molecule has 4 heteroatoms. The molecule has 1 aliphatic heterocycles. The van der Waals surface area contributed by atoms with Crippen molar-refractivity contribution in [2.75, 3.05) is 19.6 Å². The molecule has 1 heterocycles. The highest BCUT2D eigenvalue weighted by Gasteiger charge is 2.22. The van der Waals surface area contributed by atoms with Crippen LogP contribution < -0.4 is 11.1 Å². The number of nitrogens with two attached hydrogens (primary N) is 1. The van der Waals surface area contributed by atoms with E-state index in [1.165, 1.54) is 0 Å². The number of carbonyl (C=O) groups is 1.